The van der Waals surface area contributed by atoms with E-state index in [1.165, 1.54) is 7.11 Å². The lowest BCUT2D eigenvalue weighted by Crippen LogP contribution is -2.41. The van der Waals surface area contributed by atoms with E-state index in [-0.39, 0.29) is 6.10 Å². The van der Waals surface area contributed by atoms with Crippen molar-refractivity contribution in [3.8, 4) is 0 Å². The lowest BCUT2D eigenvalue weighted by Gasteiger charge is -2.23. The molecular weight excluding hydrogens is 171 g/mol. The third-order valence-electron chi connectivity index (χ3n) is 2.27. The van der Waals surface area contributed by atoms with Crippen LogP contribution in [0.15, 0.2) is 0 Å². The van der Waals surface area contributed by atoms with Crippen LogP contribution in [0.4, 0.5) is 0 Å². The maximum atomic E-state index is 9.68. The second-order valence-corrected chi connectivity index (χ2v) is 3.44. The summed E-state index contributed by atoms with van der Waals surface area (Å²) < 4.78 is 15.4. The van der Waals surface area contributed by atoms with Crippen molar-refractivity contribution >= 4 is 7.85 Å². The maximum Gasteiger partial charge on any atom is 0.117 e. The molecule has 0 bridgehead atoms. The zero-order chi connectivity index (χ0) is 10.1. The van der Waals surface area contributed by atoms with E-state index in [1.54, 1.807) is 14.0 Å². The van der Waals surface area contributed by atoms with Gasteiger partial charge in [-0.3, -0.25) is 0 Å². The molecule has 1 heterocycles. The summed E-state index contributed by atoms with van der Waals surface area (Å²) in [5.41, 5.74) is -1.05. The average molecular weight is 186 g/mol. The Kier molecular flexibility index (Phi) is 3.35. The van der Waals surface area contributed by atoms with Crippen LogP contribution in [0, 0.1) is 0 Å². The summed E-state index contributed by atoms with van der Waals surface area (Å²) >= 11 is 0. The molecule has 74 valence electrons. The fourth-order valence-corrected chi connectivity index (χ4v) is 1.57. The molecule has 0 spiro atoms. The molecule has 0 aromatic carbocycles. The summed E-state index contributed by atoms with van der Waals surface area (Å²) in [6.07, 6.45) is -1.55. The second-order valence-electron chi connectivity index (χ2n) is 3.44. The summed E-state index contributed by atoms with van der Waals surface area (Å²) in [5, 5.41) is 9.68. The first-order chi connectivity index (χ1) is 6.03. The van der Waals surface area contributed by atoms with Crippen LogP contribution in [0.2, 0.25) is 0 Å². The van der Waals surface area contributed by atoms with Crippen LogP contribution in [0.3, 0.4) is 0 Å². The van der Waals surface area contributed by atoms with Gasteiger partial charge in [0.15, 0.2) is 0 Å². The van der Waals surface area contributed by atoms with Crippen LogP contribution in [0.5, 0.6) is 0 Å². The van der Waals surface area contributed by atoms with Gasteiger partial charge in [-0.1, -0.05) is 0 Å². The summed E-state index contributed by atoms with van der Waals surface area (Å²) in [7, 11) is 8.78. The molecule has 0 unspecified atom stereocenters. The second kappa shape index (κ2) is 3.96. The van der Waals surface area contributed by atoms with Crippen molar-refractivity contribution in [2.75, 3.05) is 20.8 Å². The van der Waals surface area contributed by atoms with E-state index in [0.717, 1.165) is 0 Å². The van der Waals surface area contributed by atoms with E-state index in [9.17, 15) is 5.11 Å². The Balaban J connectivity index is 2.67. The average Bonchev–Trinajstić information content (AvgIpc) is 2.24. The summed E-state index contributed by atoms with van der Waals surface area (Å²) in [4.78, 5) is 0. The standard InChI is InChI=1S/C8H15BO4/c1-8(9)7(10)6(12-3)5(13-8)4-11-2/h5-7,10H,4H2,1-3H3/t5-,6-,7-,8-/m1/s1. The number of methoxy groups -OCH3 is 2. The number of rotatable bonds is 3. The Morgan fingerprint density at radius 3 is 2.62 bits per heavy atom. The predicted molar refractivity (Wildman–Crippen MR) is 47.7 cm³/mol. The molecule has 2 radical (unpaired) electrons. The van der Waals surface area contributed by atoms with Crippen LogP contribution in [0.25, 0.3) is 0 Å². The Labute approximate surface area is 79.6 Å². The molecule has 0 amide bonds. The van der Waals surface area contributed by atoms with Crippen molar-refractivity contribution in [3.63, 3.8) is 0 Å². The first-order valence-corrected chi connectivity index (χ1v) is 4.19. The summed E-state index contributed by atoms with van der Waals surface area (Å²) in [5.74, 6) is 0. The van der Waals surface area contributed by atoms with Gasteiger partial charge in [0.1, 0.15) is 26.2 Å². The molecule has 0 aromatic rings. The van der Waals surface area contributed by atoms with Gasteiger partial charge in [0.25, 0.3) is 0 Å². The molecule has 1 rings (SSSR count). The van der Waals surface area contributed by atoms with E-state index in [4.69, 9.17) is 22.1 Å². The number of aliphatic hydroxyl groups is 1. The van der Waals surface area contributed by atoms with E-state index < -0.39 is 17.7 Å². The largest absolute Gasteiger partial charge is 0.388 e. The highest BCUT2D eigenvalue weighted by Gasteiger charge is 2.48. The van der Waals surface area contributed by atoms with Gasteiger partial charge in [-0.25, -0.2) is 0 Å². The molecule has 1 fully saturated rings. The van der Waals surface area contributed by atoms with Crippen LogP contribution >= 0.6 is 0 Å². The normalized spacial score (nSPS) is 45.4. The van der Waals surface area contributed by atoms with Crippen LogP contribution in [-0.4, -0.2) is 57.6 Å². The first kappa shape index (κ1) is 11.0. The fourth-order valence-electron chi connectivity index (χ4n) is 1.57. The molecule has 0 aromatic heterocycles. The zero-order valence-corrected chi connectivity index (χ0v) is 8.19. The van der Waals surface area contributed by atoms with Crippen LogP contribution in [0.1, 0.15) is 6.92 Å². The summed E-state index contributed by atoms with van der Waals surface area (Å²) in [6.45, 7) is 1.99. The topological polar surface area (TPSA) is 47.9 Å². The van der Waals surface area contributed by atoms with Gasteiger partial charge in [0.05, 0.1) is 12.1 Å². The Morgan fingerprint density at radius 2 is 2.15 bits per heavy atom. The van der Waals surface area contributed by atoms with Gasteiger partial charge in [-0.15, -0.1) is 0 Å². The molecule has 5 heteroatoms. The summed E-state index contributed by atoms with van der Waals surface area (Å²) in [6, 6.07) is 0. The third kappa shape index (κ3) is 2.04. The van der Waals surface area contributed by atoms with Gasteiger partial charge < -0.3 is 19.3 Å². The van der Waals surface area contributed by atoms with Crippen molar-refractivity contribution in [1.29, 1.82) is 0 Å². The molecule has 4 atom stereocenters. The van der Waals surface area contributed by atoms with Crippen LogP contribution in [-0.2, 0) is 14.2 Å². The molecule has 0 saturated carbocycles. The van der Waals surface area contributed by atoms with E-state index >= 15 is 0 Å². The molecule has 1 aliphatic heterocycles. The van der Waals surface area contributed by atoms with Crippen molar-refractivity contribution < 1.29 is 19.3 Å². The number of aliphatic hydroxyl groups excluding tert-OH is 1. The highest BCUT2D eigenvalue weighted by atomic mass is 16.6. The molecular formula is C8H15BO4. The highest BCUT2D eigenvalue weighted by molar-refractivity contribution is 6.15. The minimum atomic E-state index is -1.05. The van der Waals surface area contributed by atoms with Gasteiger partial charge in [-0.2, -0.15) is 0 Å². The Bertz CT molecular complexity index is 174. The van der Waals surface area contributed by atoms with E-state index in [0.29, 0.717) is 6.61 Å². The maximum absolute atomic E-state index is 9.68. The van der Waals surface area contributed by atoms with Gasteiger partial charge in [0.2, 0.25) is 0 Å². The lowest BCUT2D eigenvalue weighted by molar-refractivity contribution is -0.0505. The number of hydrogen-bond donors (Lipinski definition) is 1. The van der Waals surface area contributed by atoms with Crippen LogP contribution < -0.4 is 0 Å². The van der Waals surface area contributed by atoms with Crippen molar-refractivity contribution in [3.05, 3.63) is 0 Å². The van der Waals surface area contributed by atoms with Gasteiger partial charge in [-0.05, 0) is 6.92 Å². The highest BCUT2D eigenvalue weighted by Crippen LogP contribution is 2.30. The lowest BCUT2D eigenvalue weighted by atomic mass is 9.78. The smallest absolute Gasteiger partial charge is 0.117 e. The SMILES string of the molecule is [B][C@]1(C)O[C@H](COC)[C@@H](OC)[C@H]1O. The first-order valence-electron chi connectivity index (χ1n) is 4.19. The molecule has 13 heavy (non-hydrogen) atoms. The number of hydrogen-bond acceptors (Lipinski definition) is 4. The Morgan fingerprint density at radius 1 is 1.54 bits per heavy atom. The zero-order valence-electron chi connectivity index (χ0n) is 8.19. The van der Waals surface area contributed by atoms with E-state index in [1.807, 2.05) is 0 Å². The minimum Gasteiger partial charge on any atom is -0.388 e. The monoisotopic (exact) mass is 186 g/mol. The third-order valence-corrected chi connectivity index (χ3v) is 2.27. The van der Waals surface area contributed by atoms with E-state index in [2.05, 4.69) is 0 Å². The molecule has 0 aliphatic carbocycles. The molecule has 1 saturated heterocycles. The van der Waals surface area contributed by atoms with Crippen molar-refractivity contribution in [2.24, 2.45) is 0 Å². The van der Waals surface area contributed by atoms with Crippen molar-refractivity contribution in [2.45, 2.75) is 30.7 Å². The quantitative estimate of drug-likeness (QED) is 0.591. The van der Waals surface area contributed by atoms with Crippen molar-refractivity contribution in [1.82, 2.24) is 0 Å². The predicted octanol–water partition coefficient (Wildman–Crippen LogP) is -0.708. The van der Waals surface area contributed by atoms with Gasteiger partial charge >= 0.3 is 0 Å². The molecule has 4 nitrogen and oxygen atoms in total. The number of ether oxygens (including phenoxy) is 3. The minimum absolute atomic E-state index is 0.306. The van der Waals surface area contributed by atoms with Gasteiger partial charge in [0, 0.05) is 14.2 Å². The Hall–Kier alpha value is -0.0951. The fraction of sp³-hybridized carbons (Fsp3) is 1.00. The molecule has 1 N–H and O–H groups in total. The molecule has 1 aliphatic rings.